The molecule has 1 fully saturated rings. The fourth-order valence-electron chi connectivity index (χ4n) is 6.44. The quantitative estimate of drug-likeness (QED) is 0.370. The molecule has 2 bridgehead atoms. The van der Waals surface area contributed by atoms with Crippen molar-refractivity contribution < 1.29 is 39.5 Å². The molecule has 4 N–H and O–H groups in total. The molecule has 2 unspecified atom stereocenters. The van der Waals surface area contributed by atoms with E-state index in [-0.39, 0.29) is 28.2 Å². The molecule has 0 amide bonds. The third-order valence-corrected chi connectivity index (χ3v) is 8.19. The van der Waals surface area contributed by atoms with Crippen LogP contribution >= 0.6 is 0 Å². The second-order valence-electron chi connectivity index (χ2n) is 10.6. The first-order chi connectivity index (χ1) is 14.5. The second kappa shape index (κ2) is 7.65. The van der Waals surface area contributed by atoms with Gasteiger partial charge >= 0.3 is 11.9 Å². The van der Waals surface area contributed by atoms with Crippen LogP contribution in [-0.2, 0) is 19.1 Å². The topological polar surface area (TPSA) is 134 Å². The Hall–Kier alpha value is -1.74. The SMILES string of the molecule is CC(=O)O/C1=C2\CC[C@@H](C)[C@H](CC[C@@]3(C)C1=C(C)C(O)(OC(C)=O)C(O)(O)C3O)C2(C)C. The van der Waals surface area contributed by atoms with Gasteiger partial charge < -0.3 is 29.9 Å². The van der Waals surface area contributed by atoms with E-state index in [1.807, 2.05) is 0 Å². The van der Waals surface area contributed by atoms with Crippen molar-refractivity contribution in [3.05, 3.63) is 22.5 Å². The maximum Gasteiger partial charge on any atom is 0.308 e. The number of carbonyl (C=O) groups is 2. The van der Waals surface area contributed by atoms with E-state index in [0.717, 1.165) is 18.9 Å². The normalized spacial score (nSPS) is 40.7. The highest BCUT2D eigenvalue weighted by molar-refractivity contribution is 5.70. The zero-order chi connectivity index (χ0) is 24.4. The second-order valence-corrected chi connectivity index (χ2v) is 10.6. The van der Waals surface area contributed by atoms with Crippen molar-refractivity contribution in [1.82, 2.24) is 0 Å². The molecule has 0 aliphatic heterocycles. The minimum Gasteiger partial charge on any atom is -0.426 e. The maximum absolute atomic E-state index is 12.2. The summed E-state index contributed by atoms with van der Waals surface area (Å²) in [6, 6.07) is 0. The average molecular weight is 453 g/mol. The zero-order valence-corrected chi connectivity index (χ0v) is 20.0. The van der Waals surface area contributed by atoms with Crippen LogP contribution in [0.25, 0.3) is 0 Å². The molecule has 3 rings (SSSR count). The molecule has 8 nitrogen and oxygen atoms in total. The van der Waals surface area contributed by atoms with E-state index in [9.17, 15) is 30.0 Å². The van der Waals surface area contributed by atoms with Crippen LogP contribution in [-0.4, -0.2) is 50.0 Å². The van der Waals surface area contributed by atoms with Crippen LogP contribution in [0, 0.1) is 22.7 Å². The van der Waals surface area contributed by atoms with Crippen LogP contribution in [0.5, 0.6) is 0 Å². The lowest BCUT2D eigenvalue weighted by atomic mass is 9.53. The van der Waals surface area contributed by atoms with Crippen molar-refractivity contribution in [2.45, 2.75) is 91.8 Å². The number of carbonyl (C=O) groups excluding carboxylic acids is 2. The monoisotopic (exact) mass is 452 g/mol. The van der Waals surface area contributed by atoms with Gasteiger partial charge in [0.2, 0.25) is 0 Å². The molecular formula is C24H36O8. The number of ether oxygens (including phenoxy) is 2. The average Bonchev–Trinajstić information content (AvgIpc) is 2.63. The van der Waals surface area contributed by atoms with E-state index < -0.39 is 35.0 Å². The predicted octanol–water partition coefficient (Wildman–Crippen LogP) is 2.30. The van der Waals surface area contributed by atoms with Gasteiger partial charge in [-0.2, -0.15) is 0 Å². The summed E-state index contributed by atoms with van der Waals surface area (Å²) in [5.74, 6) is -6.82. The van der Waals surface area contributed by atoms with Gasteiger partial charge in [-0.05, 0) is 55.4 Å². The molecule has 3 aliphatic rings. The summed E-state index contributed by atoms with van der Waals surface area (Å²) in [5.41, 5.74) is -0.561. The van der Waals surface area contributed by atoms with Gasteiger partial charge in [0, 0.05) is 30.4 Å². The van der Waals surface area contributed by atoms with Crippen LogP contribution in [0.1, 0.15) is 74.1 Å². The molecule has 0 aromatic heterocycles. The van der Waals surface area contributed by atoms with Crippen molar-refractivity contribution in [2.75, 3.05) is 0 Å². The lowest BCUT2D eigenvalue weighted by Crippen LogP contribution is -2.71. The van der Waals surface area contributed by atoms with E-state index >= 15 is 0 Å². The van der Waals surface area contributed by atoms with Crippen LogP contribution in [0.15, 0.2) is 22.5 Å². The highest BCUT2D eigenvalue weighted by Crippen LogP contribution is 2.61. The van der Waals surface area contributed by atoms with Gasteiger partial charge in [-0.3, -0.25) is 9.59 Å². The highest BCUT2D eigenvalue weighted by atomic mass is 16.7. The number of fused-ring (bicyclic) bond motifs is 3. The molecule has 1 saturated carbocycles. The number of hydrogen-bond donors (Lipinski definition) is 4. The number of allylic oxidation sites excluding steroid dienone is 2. The Morgan fingerprint density at radius 1 is 1.03 bits per heavy atom. The van der Waals surface area contributed by atoms with Crippen molar-refractivity contribution in [3.8, 4) is 0 Å². The highest BCUT2D eigenvalue weighted by Gasteiger charge is 2.69. The molecule has 180 valence electrons. The van der Waals surface area contributed by atoms with Gasteiger partial charge in [0.05, 0.1) is 0 Å². The Kier molecular flexibility index (Phi) is 5.95. The van der Waals surface area contributed by atoms with Crippen molar-refractivity contribution in [2.24, 2.45) is 22.7 Å². The molecule has 0 radical (unpaired) electrons. The van der Waals surface area contributed by atoms with Crippen molar-refractivity contribution in [1.29, 1.82) is 0 Å². The molecule has 3 aliphatic carbocycles. The van der Waals surface area contributed by atoms with Crippen LogP contribution in [0.4, 0.5) is 0 Å². The van der Waals surface area contributed by atoms with Gasteiger partial charge in [-0.15, -0.1) is 0 Å². The van der Waals surface area contributed by atoms with Crippen LogP contribution < -0.4 is 0 Å². The molecule has 0 spiro atoms. The molecule has 5 atom stereocenters. The van der Waals surface area contributed by atoms with E-state index in [0.29, 0.717) is 25.2 Å². The smallest absolute Gasteiger partial charge is 0.308 e. The summed E-state index contributed by atoms with van der Waals surface area (Å²) in [6.07, 6.45) is 0.624. The largest absolute Gasteiger partial charge is 0.426 e. The van der Waals surface area contributed by atoms with Gasteiger partial charge in [-0.25, -0.2) is 0 Å². The molecular weight excluding hydrogens is 416 g/mol. The first kappa shape index (κ1) is 24.9. The summed E-state index contributed by atoms with van der Waals surface area (Å²) >= 11 is 0. The fourth-order valence-corrected chi connectivity index (χ4v) is 6.44. The van der Waals surface area contributed by atoms with Gasteiger partial charge in [0.1, 0.15) is 11.9 Å². The van der Waals surface area contributed by atoms with Crippen LogP contribution in [0.3, 0.4) is 0 Å². The third kappa shape index (κ3) is 3.34. The van der Waals surface area contributed by atoms with Gasteiger partial charge in [0.25, 0.3) is 11.6 Å². The Morgan fingerprint density at radius 3 is 2.16 bits per heavy atom. The van der Waals surface area contributed by atoms with E-state index in [1.54, 1.807) is 6.92 Å². The van der Waals surface area contributed by atoms with Gasteiger partial charge in [-0.1, -0.05) is 27.7 Å². The molecule has 8 heteroatoms. The van der Waals surface area contributed by atoms with E-state index in [2.05, 4.69) is 20.8 Å². The Morgan fingerprint density at radius 2 is 1.62 bits per heavy atom. The summed E-state index contributed by atoms with van der Waals surface area (Å²) in [5, 5.41) is 44.3. The number of hydrogen-bond acceptors (Lipinski definition) is 8. The Labute approximate surface area is 188 Å². The summed E-state index contributed by atoms with van der Waals surface area (Å²) in [6.45, 7) is 11.7. The lowest BCUT2D eigenvalue weighted by Gasteiger charge is -2.56. The first-order valence-electron chi connectivity index (χ1n) is 11.2. The van der Waals surface area contributed by atoms with Gasteiger partial charge in [0.15, 0.2) is 0 Å². The molecule has 0 heterocycles. The number of esters is 2. The molecule has 32 heavy (non-hydrogen) atoms. The number of aliphatic hydroxyl groups is 4. The number of rotatable bonds is 2. The zero-order valence-electron chi connectivity index (χ0n) is 20.0. The molecule has 0 aromatic carbocycles. The minimum atomic E-state index is -3.18. The van der Waals surface area contributed by atoms with E-state index in [4.69, 9.17) is 9.47 Å². The Balaban J connectivity index is 2.45. The minimum absolute atomic E-state index is 0.0814. The van der Waals surface area contributed by atoms with E-state index in [1.165, 1.54) is 13.8 Å². The van der Waals surface area contributed by atoms with Crippen LogP contribution in [0.2, 0.25) is 0 Å². The number of aliphatic hydroxyl groups excluding tert-OH is 1. The maximum atomic E-state index is 12.2. The summed E-state index contributed by atoms with van der Waals surface area (Å²) < 4.78 is 10.8. The standard InChI is InChI=1S/C24H36O8/c1-12-8-9-17-19(31-14(3)25)18-13(2)24(30,32-15(4)26)23(28,29)20(27)22(18,7)11-10-16(12)21(17,5)6/h12,16,20,27-30H,8-11H2,1-7H3/b19-17+/t12-,16+,20?,22+,24?/m1/s1. The Bertz CT molecular complexity index is 898. The summed E-state index contributed by atoms with van der Waals surface area (Å²) in [7, 11) is 0. The van der Waals surface area contributed by atoms with Crippen molar-refractivity contribution in [3.63, 3.8) is 0 Å². The molecule has 0 aromatic rings. The lowest BCUT2D eigenvalue weighted by molar-refractivity contribution is -0.386. The summed E-state index contributed by atoms with van der Waals surface area (Å²) in [4.78, 5) is 24.0. The predicted molar refractivity (Wildman–Crippen MR) is 114 cm³/mol. The first-order valence-corrected chi connectivity index (χ1v) is 11.2. The van der Waals surface area contributed by atoms with Crippen molar-refractivity contribution >= 4 is 11.9 Å². The molecule has 0 saturated heterocycles. The fraction of sp³-hybridized carbons (Fsp3) is 0.750. The third-order valence-electron chi connectivity index (χ3n) is 8.19.